The van der Waals surface area contributed by atoms with Crippen LogP contribution in [-0.2, 0) is 20.9 Å². The smallest absolute Gasteiger partial charge is 0.286 e. The van der Waals surface area contributed by atoms with E-state index in [0.29, 0.717) is 18.7 Å². The predicted octanol–water partition coefficient (Wildman–Crippen LogP) is 2.42. The summed E-state index contributed by atoms with van der Waals surface area (Å²) in [7, 11) is 0. The highest BCUT2D eigenvalue weighted by Gasteiger charge is 2.40. The van der Waals surface area contributed by atoms with Crippen LogP contribution in [0.1, 0.15) is 30.4 Å². The molecule has 1 aromatic heterocycles. The van der Waals surface area contributed by atoms with Gasteiger partial charge in [0.1, 0.15) is 6.10 Å². The molecule has 1 saturated carbocycles. The number of rotatable bonds is 4. The minimum absolute atomic E-state index is 0.0159. The highest BCUT2D eigenvalue weighted by molar-refractivity contribution is 5.96. The molecule has 0 radical (unpaired) electrons. The average molecular weight is 377 g/mol. The standard InChI is InChI=1S/C22H23N3O3/c26-21(24-14-16-7-4-10-23-13-16)17-8-9-19-18(12-17)25-22(27)20(28-19)11-15-5-2-1-3-6-15/h1-7,10-11,13,17-19H,8-9,12,14H2,(H,24,26)(H,25,27)/b20-11-. The molecular formula is C22H23N3O3. The van der Waals surface area contributed by atoms with Crippen LogP contribution in [0.3, 0.4) is 0 Å². The lowest BCUT2D eigenvalue weighted by Gasteiger charge is -2.39. The zero-order chi connectivity index (χ0) is 19.3. The van der Waals surface area contributed by atoms with E-state index in [-0.39, 0.29) is 29.9 Å². The first-order valence-electron chi connectivity index (χ1n) is 9.60. The first kappa shape index (κ1) is 18.2. The lowest BCUT2D eigenvalue weighted by atomic mass is 9.82. The normalized spacial score (nSPS) is 25.4. The molecule has 3 unspecified atom stereocenters. The van der Waals surface area contributed by atoms with E-state index < -0.39 is 0 Å². The first-order valence-corrected chi connectivity index (χ1v) is 9.60. The molecule has 0 spiro atoms. The molecule has 0 bridgehead atoms. The number of nitrogens with zero attached hydrogens (tertiary/aromatic N) is 1. The SMILES string of the molecule is O=C1NC2CC(C(=O)NCc3cccnc3)CCC2O/C1=C\c1ccccc1. The fourth-order valence-corrected chi connectivity index (χ4v) is 3.77. The van der Waals surface area contributed by atoms with Crippen LogP contribution in [-0.4, -0.2) is 28.9 Å². The topological polar surface area (TPSA) is 80.3 Å². The van der Waals surface area contributed by atoms with Gasteiger partial charge in [-0.25, -0.2) is 0 Å². The number of pyridine rings is 1. The summed E-state index contributed by atoms with van der Waals surface area (Å²) in [6.07, 6.45) is 7.20. The van der Waals surface area contributed by atoms with Crippen molar-refractivity contribution in [3.8, 4) is 0 Å². The molecule has 4 rings (SSSR count). The summed E-state index contributed by atoms with van der Waals surface area (Å²) in [6.45, 7) is 0.462. The van der Waals surface area contributed by atoms with Crippen molar-refractivity contribution in [2.45, 2.75) is 38.0 Å². The number of hydrogen-bond acceptors (Lipinski definition) is 4. The number of fused-ring (bicyclic) bond motifs is 1. The van der Waals surface area contributed by atoms with Gasteiger partial charge in [0.25, 0.3) is 5.91 Å². The summed E-state index contributed by atoms with van der Waals surface area (Å²) in [5, 5.41) is 6.00. The Labute approximate surface area is 164 Å². The maximum atomic E-state index is 12.5. The van der Waals surface area contributed by atoms with Gasteiger partial charge in [-0.1, -0.05) is 36.4 Å². The van der Waals surface area contributed by atoms with Gasteiger partial charge in [0.2, 0.25) is 5.91 Å². The first-order chi connectivity index (χ1) is 13.7. The van der Waals surface area contributed by atoms with Gasteiger partial charge in [0.05, 0.1) is 6.04 Å². The minimum Gasteiger partial charge on any atom is -0.483 e. The Bertz CT molecular complexity index is 867. The van der Waals surface area contributed by atoms with Crippen LogP contribution in [0.15, 0.2) is 60.6 Å². The van der Waals surface area contributed by atoms with Gasteiger partial charge in [0, 0.05) is 24.9 Å². The molecule has 6 heteroatoms. The summed E-state index contributed by atoms with van der Waals surface area (Å²) in [4.78, 5) is 29.0. The third kappa shape index (κ3) is 4.22. The molecule has 2 fully saturated rings. The molecule has 144 valence electrons. The lowest BCUT2D eigenvalue weighted by Crippen LogP contribution is -2.54. The molecule has 1 aromatic carbocycles. The molecule has 28 heavy (non-hydrogen) atoms. The molecule has 3 atom stereocenters. The lowest BCUT2D eigenvalue weighted by molar-refractivity contribution is -0.134. The zero-order valence-electron chi connectivity index (χ0n) is 15.5. The van der Waals surface area contributed by atoms with Crippen LogP contribution in [0.25, 0.3) is 6.08 Å². The number of carbonyl (C=O) groups excluding carboxylic acids is 2. The van der Waals surface area contributed by atoms with Crippen molar-refractivity contribution >= 4 is 17.9 Å². The monoisotopic (exact) mass is 377 g/mol. The van der Waals surface area contributed by atoms with Crippen molar-refractivity contribution in [1.82, 2.24) is 15.6 Å². The maximum Gasteiger partial charge on any atom is 0.286 e. The summed E-state index contributed by atoms with van der Waals surface area (Å²) < 4.78 is 5.97. The Morgan fingerprint density at radius 1 is 1.21 bits per heavy atom. The number of ether oxygens (including phenoxy) is 1. The van der Waals surface area contributed by atoms with E-state index >= 15 is 0 Å². The van der Waals surface area contributed by atoms with Gasteiger partial charge in [-0.05, 0) is 42.5 Å². The fraction of sp³-hybridized carbons (Fsp3) is 0.318. The average Bonchev–Trinajstić information content (AvgIpc) is 2.74. The summed E-state index contributed by atoms with van der Waals surface area (Å²) in [6, 6.07) is 13.3. The highest BCUT2D eigenvalue weighted by Crippen LogP contribution is 2.31. The summed E-state index contributed by atoms with van der Waals surface area (Å²) >= 11 is 0. The molecule has 1 aliphatic heterocycles. The second-order valence-electron chi connectivity index (χ2n) is 7.24. The van der Waals surface area contributed by atoms with Crippen LogP contribution in [0, 0.1) is 5.92 Å². The Morgan fingerprint density at radius 2 is 2.07 bits per heavy atom. The van der Waals surface area contributed by atoms with Crippen molar-refractivity contribution in [2.75, 3.05) is 0 Å². The van der Waals surface area contributed by atoms with E-state index in [0.717, 1.165) is 24.0 Å². The largest absolute Gasteiger partial charge is 0.483 e. The number of morpholine rings is 1. The van der Waals surface area contributed by atoms with Gasteiger partial charge < -0.3 is 15.4 Å². The van der Waals surface area contributed by atoms with Crippen molar-refractivity contribution in [3.63, 3.8) is 0 Å². The quantitative estimate of drug-likeness (QED) is 0.802. The van der Waals surface area contributed by atoms with Crippen LogP contribution in [0.2, 0.25) is 0 Å². The molecule has 2 heterocycles. The third-order valence-corrected chi connectivity index (χ3v) is 5.26. The number of nitrogens with one attached hydrogen (secondary N) is 2. The van der Waals surface area contributed by atoms with Crippen molar-refractivity contribution < 1.29 is 14.3 Å². The second-order valence-corrected chi connectivity index (χ2v) is 7.24. The fourth-order valence-electron chi connectivity index (χ4n) is 3.77. The molecular weight excluding hydrogens is 354 g/mol. The molecule has 1 aliphatic carbocycles. The van der Waals surface area contributed by atoms with Crippen molar-refractivity contribution in [2.24, 2.45) is 5.92 Å². The molecule has 2 N–H and O–H groups in total. The number of hydrogen-bond donors (Lipinski definition) is 2. The molecule has 2 amide bonds. The molecule has 6 nitrogen and oxygen atoms in total. The van der Waals surface area contributed by atoms with Gasteiger partial charge in [-0.15, -0.1) is 0 Å². The highest BCUT2D eigenvalue weighted by atomic mass is 16.5. The minimum atomic E-state index is -0.221. The Balaban J connectivity index is 1.35. The van der Waals surface area contributed by atoms with E-state index in [4.69, 9.17) is 4.74 Å². The van der Waals surface area contributed by atoms with E-state index in [1.54, 1.807) is 18.5 Å². The number of carbonyl (C=O) groups is 2. The third-order valence-electron chi connectivity index (χ3n) is 5.26. The number of amides is 2. The van der Waals surface area contributed by atoms with Crippen molar-refractivity contribution in [3.05, 3.63) is 71.7 Å². The Morgan fingerprint density at radius 3 is 2.86 bits per heavy atom. The van der Waals surface area contributed by atoms with Gasteiger partial charge >= 0.3 is 0 Å². The van der Waals surface area contributed by atoms with E-state index in [1.165, 1.54) is 0 Å². The summed E-state index contributed by atoms with van der Waals surface area (Å²) in [5.41, 5.74) is 1.89. The van der Waals surface area contributed by atoms with Crippen LogP contribution < -0.4 is 10.6 Å². The van der Waals surface area contributed by atoms with E-state index in [9.17, 15) is 9.59 Å². The van der Waals surface area contributed by atoms with Crippen molar-refractivity contribution in [1.29, 1.82) is 0 Å². The van der Waals surface area contributed by atoms with Crippen LogP contribution in [0.4, 0.5) is 0 Å². The van der Waals surface area contributed by atoms with Gasteiger partial charge in [0.15, 0.2) is 5.76 Å². The molecule has 2 aliphatic rings. The van der Waals surface area contributed by atoms with Crippen LogP contribution in [0.5, 0.6) is 0 Å². The second kappa shape index (κ2) is 8.25. The maximum absolute atomic E-state index is 12.5. The van der Waals surface area contributed by atoms with Gasteiger partial charge in [-0.2, -0.15) is 0 Å². The number of benzene rings is 1. The van der Waals surface area contributed by atoms with E-state index in [2.05, 4.69) is 15.6 Å². The Kier molecular flexibility index (Phi) is 5.37. The van der Waals surface area contributed by atoms with E-state index in [1.807, 2.05) is 42.5 Å². The summed E-state index contributed by atoms with van der Waals surface area (Å²) in [5.74, 6) is 0.0112. The Hall–Kier alpha value is -3.15. The molecule has 2 aromatic rings. The zero-order valence-corrected chi connectivity index (χ0v) is 15.5. The van der Waals surface area contributed by atoms with Gasteiger partial charge in [-0.3, -0.25) is 14.6 Å². The number of aromatic nitrogens is 1. The van der Waals surface area contributed by atoms with Crippen LogP contribution >= 0.6 is 0 Å². The predicted molar refractivity (Wildman–Crippen MR) is 105 cm³/mol. The molecule has 1 saturated heterocycles.